The van der Waals surface area contributed by atoms with Crippen molar-refractivity contribution >= 4 is 27.8 Å². The molecule has 0 aliphatic rings. The van der Waals surface area contributed by atoms with E-state index in [1.165, 1.54) is 0 Å². The maximum atomic E-state index is 11.2. The predicted octanol–water partition coefficient (Wildman–Crippen LogP) is 1.78. The highest BCUT2D eigenvalue weighted by Crippen LogP contribution is 2.27. The van der Waals surface area contributed by atoms with Gasteiger partial charge in [0.1, 0.15) is 11.3 Å². The van der Waals surface area contributed by atoms with Gasteiger partial charge < -0.3 is 15.0 Å². The number of rotatable bonds is 5. The molecule has 5 nitrogen and oxygen atoms in total. The highest BCUT2D eigenvalue weighted by atomic mass is 32.2. The molecular formula is C13H19N3O2S. The van der Waals surface area contributed by atoms with E-state index in [1.54, 1.807) is 6.26 Å². The van der Waals surface area contributed by atoms with Gasteiger partial charge in [-0.3, -0.25) is 4.21 Å². The summed E-state index contributed by atoms with van der Waals surface area (Å²) in [5.41, 5.74) is 7.61. The number of imidazole rings is 1. The van der Waals surface area contributed by atoms with Gasteiger partial charge in [-0.25, -0.2) is 4.98 Å². The van der Waals surface area contributed by atoms with Gasteiger partial charge in [-0.1, -0.05) is 6.07 Å². The van der Waals surface area contributed by atoms with Crippen molar-refractivity contribution in [3.63, 3.8) is 0 Å². The molecule has 0 aliphatic carbocycles. The third-order valence-corrected chi connectivity index (χ3v) is 3.49. The van der Waals surface area contributed by atoms with Crippen LogP contribution in [0.25, 0.3) is 11.0 Å². The van der Waals surface area contributed by atoms with Crippen molar-refractivity contribution in [2.24, 2.45) is 0 Å². The molecule has 2 N–H and O–H groups in total. The maximum absolute atomic E-state index is 11.2. The van der Waals surface area contributed by atoms with Crippen molar-refractivity contribution in [1.82, 2.24) is 9.55 Å². The van der Waals surface area contributed by atoms with Gasteiger partial charge in [-0.05, 0) is 26.0 Å². The average Bonchev–Trinajstić information content (AvgIpc) is 2.63. The van der Waals surface area contributed by atoms with Crippen molar-refractivity contribution in [2.45, 2.75) is 26.5 Å². The fourth-order valence-electron chi connectivity index (χ4n) is 1.94. The van der Waals surface area contributed by atoms with Gasteiger partial charge in [0.15, 0.2) is 0 Å². The topological polar surface area (TPSA) is 70.1 Å². The van der Waals surface area contributed by atoms with Crippen molar-refractivity contribution < 1.29 is 8.95 Å². The van der Waals surface area contributed by atoms with Gasteiger partial charge in [-0.2, -0.15) is 0 Å². The number of nitrogen functional groups attached to an aromatic ring is 1. The minimum absolute atomic E-state index is 0.0834. The molecule has 104 valence electrons. The van der Waals surface area contributed by atoms with Crippen LogP contribution in [-0.2, 0) is 17.3 Å². The Morgan fingerprint density at radius 2 is 2.21 bits per heavy atom. The Morgan fingerprint density at radius 1 is 1.47 bits per heavy atom. The molecule has 0 saturated heterocycles. The molecular weight excluding hydrogens is 262 g/mol. The van der Waals surface area contributed by atoms with Crippen LogP contribution in [-0.4, -0.2) is 31.9 Å². The summed E-state index contributed by atoms with van der Waals surface area (Å²) in [6.45, 7) is 4.54. The number of hydrogen-bond donors (Lipinski definition) is 1. The Bertz CT molecular complexity index is 607. The van der Waals surface area contributed by atoms with E-state index in [0.29, 0.717) is 18.2 Å². The number of aryl methyl sites for hydroxylation is 1. The van der Waals surface area contributed by atoms with Crippen molar-refractivity contribution in [3.05, 3.63) is 18.2 Å². The van der Waals surface area contributed by atoms with E-state index in [0.717, 1.165) is 16.8 Å². The van der Waals surface area contributed by atoms with Gasteiger partial charge in [0, 0.05) is 29.4 Å². The van der Waals surface area contributed by atoms with Gasteiger partial charge in [0.2, 0.25) is 5.95 Å². The maximum Gasteiger partial charge on any atom is 0.201 e. The molecule has 0 aliphatic heterocycles. The van der Waals surface area contributed by atoms with E-state index < -0.39 is 10.8 Å². The number of nitrogens with two attached hydrogens (primary N) is 1. The van der Waals surface area contributed by atoms with Crippen molar-refractivity contribution in [1.29, 1.82) is 0 Å². The Kier molecular flexibility index (Phi) is 4.09. The fourth-order valence-corrected chi connectivity index (χ4v) is 2.38. The summed E-state index contributed by atoms with van der Waals surface area (Å²) in [6, 6.07) is 5.75. The number of fused-ring (bicyclic) bond motifs is 1. The molecule has 1 aromatic heterocycles. The zero-order valence-corrected chi connectivity index (χ0v) is 12.2. The van der Waals surface area contributed by atoms with Crippen LogP contribution in [0.15, 0.2) is 18.2 Å². The van der Waals surface area contributed by atoms with Crippen LogP contribution in [0.3, 0.4) is 0 Å². The molecule has 2 aromatic rings. The Balaban J connectivity index is 2.43. The van der Waals surface area contributed by atoms with E-state index in [2.05, 4.69) is 4.98 Å². The summed E-state index contributed by atoms with van der Waals surface area (Å²) < 4.78 is 18.8. The minimum atomic E-state index is -0.851. The number of aromatic nitrogens is 2. The van der Waals surface area contributed by atoms with Crippen LogP contribution in [0.5, 0.6) is 5.75 Å². The number of hydrogen-bond acceptors (Lipinski definition) is 4. The lowest BCUT2D eigenvalue weighted by Crippen LogP contribution is -2.09. The molecule has 1 heterocycles. The molecule has 19 heavy (non-hydrogen) atoms. The summed E-state index contributed by atoms with van der Waals surface area (Å²) in [7, 11) is -0.851. The summed E-state index contributed by atoms with van der Waals surface area (Å²) in [4.78, 5) is 4.36. The molecule has 1 atom stereocenters. The second kappa shape index (κ2) is 5.61. The van der Waals surface area contributed by atoms with Crippen LogP contribution < -0.4 is 10.5 Å². The van der Waals surface area contributed by atoms with Crippen LogP contribution in [0.2, 0.25) is 0 Å². The summed E-state index contributed by atoms with van der Waals surface area (Å²) >= 11 is 0. The monoisotopic (exact) mass is 281 g/mol. The highest BCUT2D eigenvalue weighted by molar-refractivity contribution is 7.84. The molecule has 0 saturated carbocycles. The first-order valence-corrected chi connectivity index (χ1v) is 7.93. The number of ether oxygens (including phenoxy) is 1. The quantitative estimate of drug-likeness (QED) is 0.907. The Hall–Kier alpha value is -1.56. The zero-order valence-electron chi connectivity index (χ0n) is 11.4. The standard InChI is InChI=1S/C13H19N3O2S/c1-9(2)18-11-6-4-5-10-12(11)15-13(14)16(10)7-8-19(3)17/h4-6,9H,7-8H2,1-3H3,(H2,14,15). The minimum Gasteiger partial charge on any atom is -0.489 e. The SMILES string of the molecule is CC(C)Oc1cccc2c1nc(N)n2CCS(C)=O. The van der Waals surface area contributed by atoms with Gasteiger partial charge in [0.25, 0.3) is 0 Å². The third kappa shape index (κ3) is 3.07. The Morgan fingerprint density at radius 3 is 2.84 bits per heavy atom. The van der Waals surface area contributed by atoms with Crippen LogP contribution in [0.1, 0.15) is 13.8 Å². The summed E-state index contributed by atoms with van der Waals surface area (Å²) in [5.74, 6) is 1.72. The van der Waals surface area contributed by atoms with E-state index in [4.69, 9.17) is 10.5 Å². The van der Waals surface area contributed by atoms with Crippen LogP contribution in [0.4, 0.5) is 5.95 Å². The first kappa shape index (κ1) is 13.9. The van der Waals surface area contributed by atoms with E-state index >= 15 is 0 Å². The molecule has 2 rings (SSSR count). The van der Waals surface area contributed by atoms with E-state index in [9.17, 15) is 4.21 Å². The molecule has 0 fully saturated rings. The molecule has 0 amide bonds. The lowest BCUT2D eigenvalue weighted by Gasteiger charge is -2.10. The Labute approximate surface area is 115 Å². The second-order valence-corrected chi connectivity index (χ2v) is 6.24. The van der Waals surface area contributed by atoms with E-state index in [1.807, 2.05) is 36.6 Å². The van der Waals surface area contributed by atoms with Crippen LogP contribution >= 0.6 is 0 Å². The smallest absolute Gasteiger partial charge is 0.201 e. The highest BCUT2D eigenvalue weighted by Gasteiger charge is 2.13. The largest absolute Gasteiger partial charge is 0.489 e. The molecule has 1 unspecified atom stereocenters. The number of nitrogens with zero attached hydrogens (tertiary/aromatic N) is 2. The first-order chi connectivity index (χ1) is 8.99. The van der Waals surface area contributed by atoms with Gasteiger partial charge in [-0.15, -0.1) is 0 Å². The molecule has 6 heteroatoms. The first-order valence-electron chi connectivity index (χ1n) is 6.20. The normalized spacial score (nSPS) is 13.1. The molecule has 0 radical (unpaired) electrons. The van der Waals surface area contributed by atoms with Crippen molar-refractivity contribution in [2.75, 3.05) is 17.7 Å². The number of anilines is 1. The average molecular weight is 281 g/mol. The second-order valence-electron chi connectivity index (χ2n) is 4.69. The lowest BCUT2D eigenvalue weighted by atomic mass is 10.3. The zero-order chi connectivity index (χ0) is 14.0. The predicted molar refractivity (Wildman–Crippen MR) is 78.8 cm³/mol. The summed E-state index contributed by atoms with van der Waals surface area (Å²) in [5, 5.41) is 0. The summed E-state index contributed by atoms with van der Waals surface area (Å²) in [6.07, 6.45) is 1.77. The number of benzene rings is 1. The molecule has 1 aromatic carbocycles. The van der Waals surface area contributed by atoms with Gasteiger partial charge in [0.05, 0.1) is 11.6 Å². The van der Waals surface area contributed by atoms with Crippen molar-refractivity contribution in [3.8, 4) is 5.75 Å². The third-order valence-electron chi connectivity index (χ3n) is 2.74. The van der Waals surface area contributed by atoms with Crippen LogP contribution in [0, 0.1) is 0 Å². The molecule has 0 bridgehead atoms. The number of para-hydroxylation sites is 1. The lowest BCUT2D eigenvalue weighted by molar-refractivity contribution is 0.245. The van der Waals surface area contributed by atoms with Gasteiger partial charge >= 0.3 is 0 Å². The van der Waals surface area contributed by atoms with E-state index in [-0.39, 0.29) is 6.10 Å². The molecule has 0 spiro atoms. The fraction of sp³-hybridized carbons (Fsp3) is 0.462.